The molecule has 2 aromatic rings. The zero-order valence-corrected chi connectivity index (χ0v) is 13.9. The van der Waals surface area contributed by atoms with E-state index in [1.807, 2.05) is 19.1 Å². The van der Waals surface area contributed by atoms with Crippen LogP contribution in [0.4, 0.5) is 14.5 Å². The lowest BCUT2D eigenvalue weighted by molar-refractivity contribution is -0.682. The van der Waals surface area contributed by atoms with Crippen molar-refractivity contribution in [2.24, 2.45) is 0 Å². The van der Waals surface area contributed by atoms with Gasteiger partial charge in [0.15, 0.2) is 6.54 Å². The first kappa shape index (κ1) is 17.9. The van der Waals surface area contributed by atoms with Gasteiger partial charge in [0.2, 0.25) is 0 Å². The number of ether oxygens (including phenoxy) is 1. The SMILES string of the molecule is COc1ccc(C)cc1NC(=O)C[NH2+][C@@H](C)c1ccc(F)cc1F. The number of aryl methyl sites for hydroxylation is 1. The van der Waals surface area contributed by atoms with Crippen LogP contribution in [0.1, 0.15) is 24.1 Å². The van der Waals surface area contributed by atoms with Crippen molar-refractivity contribution < 1.29 is 23.6 Å². The molecule has 0 aliphatic heterocycles. The van der Waals surface area contributed by atoms with E-state index in [-0.39, 0.29) is 18.5 Å². The van der Waals surface area contributed by atoms with Gasteiger partial charge in [-0.15, -0.1) is 0 Å². The quantitative estimate of drug-likeness (QED) is 0.852. The number of methoxy groups -OCH3 is 1. The standard InChI is InChI=1S/C18H20F2N2O2/c1-11-4-7-17(24-3)16(8-11)22-18(23)10-21-12(2)14-6-5-13(19)9-15(14)20/h4-9,12,21H,10H2,1-3H3,(H,22,23)/p+1/t12-/m0/s1. The van der Waals surface area contributed by atoms with Gasteiger partial charge in [-0.25, -0.2) is 8.78 Å². The van der Waals surface area contributed by atoms with Gasteiger partial charge >= 0.3 is 0 Å². The Morgan fingerprint density at radius 1 is 1.25 bits per heavy atom. The predicted molar refractivity (Wildman–Crippen MR) is 87.9 cm³/mol. The Kier molecular flexibility index (Phi) is 5.87. The molecule has 0 aliphatic carbocycles. The van der Waals surface area contributed by atoms with E-state index in [4.69, 9.17) is 4.74 Å². The van der Waals surface area contributed by atoms with E-state index < -0.39 is 11.6 Å². The Balaban J connectivity index is 1.97. The third kappa shape index (κ3) is 4.52. The molecule has 0 saturated heterocycles. The summed E-state index contributed by atoms with van der Waals surface area (Å²) in [5, 5.41) is 4.47. The van der Waals surface area contributed by atoms with Crippen LogP contribution in [-0.2, 0) is 4.79 Å². The molecule has 0 bridgehead atoms. The summed E-state index contributed by atoms with van der Waals surface area (Å²) in [5.41, 5.74) is 1.95. The van der Waals surface area contributed by atoms with Crippen molar-refractivity contribution in [1.29, 1.82) is 0 Å². The second-order valence-electron chi connectivity index (χ2n) is 5.65. The van der Waals surface area contributed by atoms with Crippen molar-refractivity contribution in [2.45, 2.75) is 19.9 Å². The maximum Gasteiger partial charge on any atom is 0.279 e. The van der Waals surface area contributed by atoms with Crippen molar-refractivity contribution in [2.75, 3.05) is 19.0 Å². The molecule has 2 rings (SSSR count). The predicted octanol–water partition coefficient (Wildman–Crippen LogP) is 2.54. The number of carbonyl (C=O) groups excluding carboxylic acids is 1. The number of halogens is 2. The molecule has 24 heavy (non-hydrogen) atoms. The summed E-state index contributed by atoms with van der Waals surface area (Å²) in [5.74, 6) is -0.882. The number of nitrogens with two attached hydrogens (primary N) is 1. The minimum absolute atomic E-state index is 0.106. The van der Waals surface area contributed by atoms with Crippen molar-refractivity contribution in [1.82, 2.24) is 0 Å². The second kappa shape index (κ2) is 7.88. The molecule has 1 amide bonds. The smallest absolute Gasteiger partial charge is 0.279 e. The second-order valence-corrected chi connectivity index (χ2v) is 5.65. The molecule has 0 spiro atoms. The number of benzene rings is 2. The highest BCUT2D eigenvalue weighted by atomic mass is 19.1. The lowest BCUT2D eigenvalue weighted by atomic mass is 10.1. The Morgan fingerprint density at radius 3 is 2.67 bits per heavy atom. The summed E-state index contributed by atoms with van der Waals surface area (Å²) in [6, 6.07) is 8.63. The zero-order chi connectivity index (χ0) is 17.7. The van der Waals surface area contributed by atoms with Crippen molar-refractivity contribution >= 4 is 11.6 Å². The van der Waals surface area contributed by atoms with Crippen molar-refractivity contribution in [3.05, 3.63) is 59.2 Å². The zero-order valence-electron chi connectivity index (χ0n) is 13.9. The van der Waals surface area contributed by atoms with Crippen LogP contribution in [-0.4, -0.2) is 19.6 Å². The first-order chi connectivity index (χ1) is 11.4. The number of amides is 1. The van der Waals surface area contributed by atoms with E-state index in [9.17, 15) is 13.6 Å². The maximum absolute atomic E-state index is 13.7. The Hall–Kier alpha value is -2.47. The summed E-state index contributed by atoms with van der Waals surface area (Å²) < 4.78 is 31.9. The number of anilines is 1. The van der Waals surface area contributed by atoms with E-state index in [1.54, 1.807) is 18.3 Å². The molecule has 0 saturated carbocycles. The van der Waals surface area contributed by atoms with Crippen LogP contribution < -0.4 is 15.4 Å². The van der Waals surface area contributed by atoms with Gasteiger partial charge in [0.1, 0.15) is 23.4 Å². The molecule has 0 aliphatic rings. The highest BCUT2D eigenvalue weighted by molar-refractivity contribution is 5.93. The highest BCUT2D eigenvalue weighted by Crippen LogP contribution is 2.24. The molecule has 2 aromatic carbocycles. The number of rotatable bonds is 6. The molecule has 0 aromatic heterocycles. The monoisotopic (exact) mass is 335 g/mol. The number of hydrogen-bond acceptors (Lipinski definition) is 2. The molecular weight excluding hydrogens is 314 g/mol. The average Bonchev–Trinajstić information content (AvgIpc) is 2.53. The van der Waals surface area contributed by atoms with Gasteiger partial charge in [-0.05, 0) is 43.7 Å². The number of carbonyl (C=O) groups is 1. The molecular formula is C18H21F2N2O2+. The third-order valence-corrected chi connectivity index (χ3v) is 3.74. The van der Waals surface area contributed by atoms with Crippen LogP contribution in [0.5, 0.6) is 5.75 Å². The van der Waals surface area contributed by atoms with E-state index >= 15 is 0 Å². The van der Waals surface area contributed by atoms with Crippen LogP contribution in [0.15, 0.2) is 36.4 Å². The number of quaternary nitrogens is 1. The molecule has 1 atom stereocenters. The fourth-order valence-electron chi connectivity index (χ4n) is 2.40. The first-order valence-corrected chi connectivity index (χ1v) is 7.63. The average molecular weight is 335 g/mol. The van der Waals surface area contributed by atoms with E-state index in [0.717, 1.165) is 11.6 Å². The summed E-state index contributed by atoms with van der Waals surface area (Å²) >= 11 is 0. The first-order valence-electron chi connectivity index (χ1n) is 7.63. The van der Waals surface area contributed by atoms with Crippen molar-refractivity contribution in [3.63, 3.8) is 0 Å². The van der Waals surface area contributed by atoms with E-state index in [2.05, 4.69) is 5.32 Å². The van der Waals surface area contributed by atoms with E-state index in [1.165, 1.54) is 19.2 Å². The molecule has 0 fully saturated rings. The molecule has 0 radical (unpaired) electrons. The fraction of sp³-hybridized carbons (Fsp3) is 0.278. The minimum atomic E-state index is -0.618. The Bertz CT molecular complexity index is 735. The number of nitrogens with one attached hydrogen (secondary N) is 1. The summed E-state index contributed by atoms with van der Waals surface area (Å²) in [7, 11) is 1.53. The van der Waals surface area contributed by atoms with Crippen LogP contribution in [0.2, 0.25) is 0 Å². The molecule has 0 heterocycles. The topological polar surface area (TPSA) is 54.9 Å². The Labute approximate surface area is 139 Å². The molecule has 0 unspecified atom stereocenters. The fourth-order valence-corrected chi connectivity index (χ4v) is 2.40. The molecule has 6 heteroatoms. The lowest BCUT2D eigenvalue weighted by Gasteiger charge is -2.13. The Morgan fingerprint density at radius 2 is 2.00 bits per heavy atom. The molecule has 128 valence electrons. The van der Waals surface area contributed by atoms with Crippen LogP contribution in [0.3, 0.4) is 0 Å². The van der Waals surface area contributed by atoms with Gasteiger partial charge in [0.05, 0.1) is 12.8 Å². The van der Waals surface area contributed by atoms with Gasteiger partial charge in [0, 0.05) is 11.6 Å². The molecule has 3 N–H and O–H groups in total. The van der Waals surface area contributed by atoms with Crippen LogP contribution in [0, 0.1) is 18.6 Å². The number of hydrogen-bond donors (Lipinski definition) is 2. The van der Waals surface area contributed by atoms with Gasteiger partial charge in [-0.2, -0.15) is 0 Å². The summed E-state index contributed by atoms with van der Waals surface area (Å²) in [6.45, 7) is 3.78. The summed E-state index contributed by atoms with van der Waals surface area (Å²) in [6.07, 6.45) is 0. The van der Waals surface area contributed by atoms with Gasteiger partial charge in [-0.1, -0.05) is 6.07 Å². The van der Waals surface area contributed by atoms with Gasteiger partial charge in [0.25, 0.3) is 5.91 Å². The maximum atomic E-state index is 13.7. The van der Waals surface area contributed by atoms with E-state index in [0.29, 0.717) is 17.0 Å². The van der Waals surface area contributed by atoms with Crippen LogP contribution >= 0.6 is 0 Å². The lowest BCUT2D eigenvalue weighted by Crippen LogP contribution is -2.86. The van der Waals surface area contributed by atoms with Gasteiger partial charge < -0.3 is 15.4 Å². The van der Waals surface area contributed by atoms with Crippen molar-refractivity contribution in [3.8, 4) is 5.75 Å². The normalized spacial score (nSPS) is 11.9. The minimum Gasteiger partial charge on any atom is -0.495 e. The van der Waals surface area contributed by atoms with Crippen LogP contribution in [0.25, 0.3) is 0 Å². The third-order valence-electron chi connectivity index (χ3n) is 3.74. The highest BCUT2D eigenvalue weighted by Gasteiger charge is 2.16. The molecule has 4 nitrogen and oxygen atoms in total. The van der Waals surface area contributed by atoms with Gasteiger partial charge in [-0.3, -0.25) is 4.79 Å². The largest absolute Gasteiger partial charge is 0.495 e. The summed E-state index contributed by atoms with van der Waals surface area (Å²) in [4.78, 5) is 12.1.